The molecule has 0 aliphatic carbocycles. The zero-order chi connectivity index (χ0) is 13.8. The molecule has 0 saturated carbocycles. The van der Waals surface area contributed by atoms with E-state index in [1.54, 1.807) is 0 Å². The van der Waals surface area contributed by atoms with Crippen LogP contribution in [0.15, 0.2) is 18.2 Å². The Hall–Kier alpha value is -0.860. The summed E-state index contributed by atoms with van der Waals surface area (Å²) in [6, 6.07) is 6.53. The molecule has 19 heavy (non-hydrogen) atoms. The predicted octanol–water partition coefficient (Wildman–Crippen LogP) is 3.63. The first-order valence-electron chi connectivity index (χ1n) is 7.48. The summed E-state index contributed by atoms with van der Waals surface area (Å²) in [5.74, 6) is 1.32. The van der Waals surface area contributed by atoms with Crippen molar-refractivity contribution in [1.82, 2.24) is 5.32 Å². The average molecular weight is 261 g/mol. The molecule has 2 nitrogen and oxygen atoms in total. The molecule has 0 amide bonds. The molecule has 1 fully saturated rings. The van der Waals surface area contributed by atoms with E-state index in [4.69, 9.17) is 4.74 Å². The standard InChI is InChI=1S/C17H27NO/c1-12(2)10-18-11-15-8-9-19-17(15)16-13(3)6-5-7-14(16)4/h5-7,12,15,17-18H,8-11H2,1-4H3. The van der Waals surface area contributed by atoms with Gasteiger partial charge in [0.15, 0.2) is 0 Å². The maximum absolute atomic E-state index is 6.03. The number of hydrogen-bond donors (Lipinski definition) is 1. The molecular formula is C17H27NO. The Morgan fingerprint density at radius 3 is 2.58 bits per heavy atom. The van der Waals surface area contributed by atoms with Crippen molar-refractivity contribution in [1.29, 1.82) is 0 Å². The van der Waals surface area contributed by atoms with Gasteiger partial charge in [0.2, 0.25) is 0 Å². The maximum Gasteiger partial charge on any atom is 0.0871 e. The maximum atomic E-state index is 6.03. The van der Waals surface area contributed by atoms with E-state index in [0.29, 0.717) is 11.8 Å². The van der Waals surface area contributed by atoms with Gasteiger partial charge in [0, 0.05) is 19.1 Å². The third-order valence-electron chi connectivity index (χ3n) is 4.00. The first-order valence-corrected chi connectivity index (χ1v) is 7.48. The van der Waals surface area contributed by atoms with E-state index in [1.165, 1.54) is 23.1 Å². The van der Waals surface area contributed by atoms with Gasteiger partial charge in [0.05, 0.1) is 6.10 Å². The van der Waals surface area contributed by atoms with Gasteiger partial charge in [0.1, 0.15) is 0 Å². The van der Waals surface area contributed by atoms with Crippen LogP contribution in [0.5, 0.6) is 0 Å². The molecule has 106 valence electrons. The lowest BCUT2D eigenvalue weighted by molar-refractivity contribution is 0.0893. The number of benzene rings is 1. The summed E-state index contributed by atoms with van der Waals surface area (Å²) in [4.78, 5) is 0. The van der Waals surface area contributed by atoms with Crippen LogP contribution in [0.3, 0.4) is 0 Å². The van der Waals surface area contributed by atoms with Crippen LogP contribution in [-0.2, 0) is 4.74 Å². The van der Waals surface area contributed by atoms with Crippen LogP contribution < -0.4 is 5.32 Å². The van der Waals surface area contributed by atoms with Crippen LogP contribution in [0.1, 0.15) is 43.1 Å². The minimum absolute atomic E-state index is 0.279. The molecule has 0 spiro atoms. The van der Waals surface area contributed by atoms with Crippen LogP contribution in [-0.4, -0.2) is 19.7 Å². The predicted molar refractivity (Wildman–Crippen MR) is 80.4 cm³/mol. The Kier molecular flexibility index (Phi) is 5.00. The van der Waals surface area contributed by atoms with E-state index in [1.807, 2.05) is 0 Å². The minimum Gasteiger partial charge on any atom is -0.373 e. The van der Waals surface area contributed by atoms with Crippen molar-refractivity contribution < 1.29 is 4.74 Å². The monoisotopic (exact) mass is 261 g/mol. The van der Waals surface area contributed by atoms with Crippen molar-refractivity contribution in [3.8, 4) is 0 Å². The van der Waals surface area contributed by atoms with Crippen molar-refractivity contribution >= 4 is 0 Å². The summed E-state index contributed by atoms with van der Waals surface area (Å²) in [6.07, 6.45) is 1.45. The number of rotatable bonds is 5. The molecule has 2 rings (SSSR count). The lowest BCUT2D eigenvalue weighted by atomic mass is 9.89. The highest BCUT2D eigenvalue weighted by atomic mass is 16.5. The third kappa shape index (κ3) is 3.58. The highest BCUT2D eigenvalue weighted by Crippen LogP contribution is 2.37. The topological polar surface area (TPSA) is 21.3 Å². The number of aryl methyl sites for hydroxylation is 2. The fourth-order valence-electron chi connectivity index (χ4n) is 3.00. The quantitative estimate of drug-likeness (QED) is 0.874. The molecule has 1 aliphatic heterocycles. The Bertz CT molecular complexity index is 393. The summed E-state index contributed by atoms with van der Waals surface area (Å²) in [6.45, 7) is 12.0. The van der Waals surface area contributed by atoms with Gasteiger partial charge in [-0.2, -0.15) is 0 Å². The van der Waals surface area contributed by atoms with Crippen LogP contribution in [0.4, 0.5) is 0 Å². The largest absolute Gasteiger partial charge is 0.373 e. The first-order chi connectivity index (χ1) is 9.09. The first kappa shape index (κ1) is 14.5. The van der Waals surface area contributed by atoms with Crippen molar-refractivity contribution in [3.63, 3.8) is 0 Å². The summed E-state index contributed by atoms with van der Waals surface area (Å²) in [5, 5.41) is 3.59. The Morgan fingerprint density at radius 2 is 1.95 bits per heavy atom. The molecule has 2 unspecified atom stereocenters. The highest BCUT2D eigenvalue weighted by molar-refractivity contribution is 5.36. The summed E-state index contributed by atoms with van der Waals surface area (Å²) >= 11 is 0. The van der Waals surface area contributed by atoms with Gasteiger partial charge in [-0.1, -0.05) is 32.0 Å². The Morgan fingerprint density at radius 1 is 1.26 bits per heavy atom. The second kappa shape index (κ2) is 6.53. The van der Waals surface area contributed by atoms with Crippen LogP contribution in [0, 0.1) is 25.7 Å². The summed E-state index contributed by atoms with van der Waals surface area (Å²) < 4.78 is 6.03. The van der Waals surface area contributed by atoms with Crippen molar-refractivity contribution in [2.24, 2.45) is 11.8 Å². The molecule has 2 heteroatoms. The zero-order valence-electron chi connectivity index (χ0n) is 12.7. The van der Waals surface area contributed by atoms with Gasteiger partial charge in [-0.05, 0) is 49.4 Å². The molecule has 1 N–H and O–H groups in total. The van der Waals surface area contributed by atoms with Crippen LogP contribution in [0.25, 0.3) is 0 Å². The number of nitrogens with one attached hydrogen (secondary N) is 1. The van der Waals surface area contributed by atoms with Gasteiger partial charge in [-0.3, -0.25) is 0 Å². The molecule has 1 heterocycles. The Balaban J connectivity index is 2.06. The number of hydrogen-bond acceptors (Lipinski definition) is 2. The second-order valence-electron chi connectivity index (χ2n) is 6.20. The van der Waals surface area contributed by atoms with E-state index in [2.05, 4.69) is 51.2 Å². The zero-order valence-corrected chi connectivity index (χ0v) is 12.7. The molecular weight excluding hydrogens is 234 g/mol. The van der Waals surface area contributed by atoms with E-state index in [9.17, 15) is 0 Å². The van der Waals surface area contributed by atoms with E-state index < -0.39 is 0 Å². The lowest BCUT2D eigenvalue weighted by Gasteiger charge is -2.23. The normalized spacial score (nSPS) is 23.2. The Labute approximate surface area is 117 Å². The molecule has 0 aromatic heterocycles. The van der Waals surface area contributed by atoms with Crippen molar-refractivity contribution in [2.75, 3.05) is 19.7 Å². The molecule has 0 bridgehead atoms. The van der Waals surface area contributed by atoms with Crippen LogP contribution in [0.2, 0.25) is 0 Å². The molecule has 1 aromatic rings. The molecule has 2 atom stereocenters. The fraction of sp³-hybridized carbons (Fsp3) is 0.647. The van der Waals surface area contributed by atoms with Gasteiger partial charge in [-0.15, -0.1) is 0 Å². The summed E-state index contributed by atoms with van der Waals surface area (Å²) in [7, 11) is 0. The smallest absolute Gasteiger partial charge is 0.0871 e. The van der Waals surface area contributed by atoms with Gasteiger partial charge < -0.3 is 10.1 Å². The van der Waals surface area contributed by atoms with Gasteiger partial charge in [-0.25, -0.2) is 0 Å². The fourth-order valence-corrected chi connectivity index (χ4v) is 3.00. The third-order valence-corrected chi connectivity index (χ3v) is 4.00. The molecule has 1 aliphatic rings. The average Bonchev–Trinajstić information content (AvgIpc) is 2.77. The minimum atomic E-state index is 0.279. The highest BCUT2D eigenvalue weighted by Gasteiger charge is 2.31. The summed E-state index contributed by atoms with van der Waals surface area (Å²) in [5.41, 5.74) is 4.14. The van der Waals surface area contributed by atoms with Gasteiger partial charge >= 0.3 is 0 Å². The van der Waals surface area contributed by atoms with Gasteiger partial charge in [0.25, 0.3) is 0 Å². The van der Waals surface area contributed by atoms with E-state index in [-0.39, 0.29) is 6.10 Å². The lowest BCUT2D eigenvalue weighted by Crippen LogP contribution is -2.28. The molecule has 0 radical (unpaired) electrons. The van der Waals surface area contributed by atoms with E-state index >= 15 is 0 Å². The van der Waals surface area contributed by atoms with E-state index in [0.717, 1.165) is 19.7 Å². The SMILES string of the molecule is Cc1cccc(C)c1C1OCCC1CNCC(C)C. The molecule has 1 saturated heterocycles. The number of ether oxygens (including phenoxy) is 1. The molecule has 1 aromatic carbocycles. The van der Waals surface area contributed by atoms with Crippen LogP contribution >= 0.6 is 0 Å². The van der Waals surface area contributed by atoms with Crippen molar-refractivity contribution in [2.45, 2.75) is 40.2 Å². The second-order valence-corrected chi connectivity index (χ2v) is 6.20. The van der Waals surface area contributed by atoms with Crippen molar-refractivity contribution in [3.05, 3.63) is 34.9 Å².